The summed E-state index contributed by atoms with van der Waals surface area (Å²) >= 11 is 0. The second-order valence-corrected chi connectivity index (χ2v) is 6.13. The molecule has 0 aromatic carbocycles. The second-order valence-electron chi connectivity index (χ2n) is 6.13. The maximum absolute atomic E-state index is 3.75. The van der Waals surface area contributed by atoms with Crippen LogP contribution in [0.5, 0.6) is 0 Å². The van der Waals surface area contributed by atoms with E-state index >= 15 is 0 Å². The van der Waals surface area contributed by atoms with Crippen LogP contribution >= 0.6 is 0 Å². The van der Waals surface area contributed by atoms with Crippen LogP contribution in [0.3, 0.4) is 0 Å². The van der Waals surface area contributed by atoms with Gasteiger partial charge in [0, 0.05) is 18.6 Å². The fourth-order valence-electron chi connectivity index (χ4n) is 3.72. The molecule has 0 aliphatic heterocycles. The summed E-state index contributed by atoms with van der Waals surface area (Å²) < 4.78 is 0. The molecule has 2 aliphatic carbocycles. The van der Waals surface area contributed by atoms with Crippen LogP contribution in [0, 0.1) is 5.92 Å². The van der Waals surface area contributed by atoms with Gasteiger partial charge in [-0.25, -0.2) is 0 Å². The SMILES string of the molecule is CCCNC1CCCC1CN(C)C1CCCC1. The summed E-state index contributed by atoms with van der Waals surface area (Å²) in [6, 6.07) is 1.70. The van der Waals surface area contributed by atoms with Gasteiger partial charge in [-0.2, -0.15) is 0 Å². The van der Waals surface area contributed by atoms with Crippen molar-refractivity contribution in [3.63, 3.8) is 0 Å². The van der Waals surface area contributed by atoms with E-state index in [0.717, 1.165) is 18.0 Å². The highest BCUT2D eigenvalue weighted by Crippen LogP contribution is 2.29. The zero-order valence-corrected chi connectivity index (χ0v) is 11.8. The van der Waals surface area contributed by atoms with E-state index in [1.165, 1.54) is 64.5 Å². The molecule has 0 aromatic heterocycles. The van der Waals surface area contributed by atoms with Crippen LogP contribution < -0.4 is 5.32 Å². The van der Waals surface area contributed by atoms with Gasteiger partial charge in [-0.3, -0.25) is 0 Å². The molecule has 2 rings (SSSR count). The van der Waals surface area contributed by atoms with Gasteiger partial charge in [-0.05, 0) is 51.6 Å². The van der Waals surface area contributed by atoms with Crippen LogP contribution in [-0.2, 0) is 0 Å². The molecule has 2 nitrogen and oxygen atoms in total. The second kappa shape index (κ2) is 6.75. The molecule has 2 aliphatic rings. The number of hydrogen-bond donors (Lipinski definition) is 1. The molecule has 100 valence electrons. The summed E-state index contributed by atoms with van der Waals surface area (Å²) in [6.07, 6.45) is 11.3. The van der Waals surface area contributed by atoms with Crippen LogP contribution in [0.1, 0.15) is 58.3 Å². The summed E-state index contributed by atoms with van der Waals surface area (Å²) in [5.41, 5.74) is 0. The normalized spacial score (nSPS) is 30.5. The molecule has 2 fully saturated rings. The Labute approximate surface area is 107 Å². The highest BCUT2D eigenvalue weighted by Gasteiger charge is 2.29. The van der Waals surface area contributed by atoms with Crippen LogP contribution in [0.2, 0.25) is 0 Å². The molecule has 0 bridgehead atoms. The molecule has 0 amide bonds. The predicted octanol–water partition coefficient (Wildman–Crippen LogP) is 3.03. The van der Waals surface area contributed by atoms with Crippen molar-refractivity contribution in [1.29, 1.82) is 0 Å². The van der Waals surface area contributed by atoms with E-state index < -0.39 is 0 Å². The Morgan fingerprint density at radius 2 is 1.82 bits per heavy atom. The Kier molecular flexibility index (Phi) is 5.30. The van der Waals surface area contributed by atoms with E-state index in [-0.39, 0.29) is 0 Å². The van der Waals surface area contributed by atoms with E-state index in [0.29, 0.717) is 0 Å². The summed E-state index contributed by atoms with van der Waals surface area (Å²) in [4.78, 5) is 2.66. The van der Waals surface area contributed by atoms with Gasteiger partial charge < -0.3 is 10.2 Å². The van der Waals surface area contributed by atoms with Crippen molar-refractivity contribution in [3.8, 4) is 0 Å². The molecular weight excluding hydrogens is 208 g/mol. The Balaban J connectivity index is 1.76. The summed E-state index contributed by atoms with van der Waals surface area (Å²) in [5.74, 6) is 0.909. The van der Waals surface area contributed by atoms with Gasteiger partial charge in [-0.15, -0.1) is 0 Å². The topological polar surface area (TPSA) is 15.3 Å². The smallest absolute Gasteiger partial charge is 0.0107 e. The Hall–Kier alpha value is -0.0800. The summed E-state index contributed by atoms with van der Waals surface area (Å²) in [6.45, 7) is 4.79. The van der Waals surface area contributed by atoms with Gasteiger partial charge in [0.2, 0.25) is 0 Å². The number of hydrogen-bond acceptors (Lipinski definition) is 2. The van der Waals surface area contributed by atoms with E-state index in [1.807, 2.05) is 0 Å². The third kappa shape index (κ3) is 3.69. The third-order valence-electron chi connectivity index (χ3n) is 4.79. The fourth-order valence-corrected chi connectivity index (χ4v) is 3.72. The molecular formula is C15H30N2. The van der Waals surface area contributed by atoms with E-state index in [9.17, 15) is 0 Å². The number of nitrogens with zero attached hydrogens (tertiary/aromatic N) is 1. The minimum atomic E-state index is 0.804. The van der Waals surface area contributed by atoms with E-state index in [4.69, 9.17) is 0 Å². The van der Waals surface area contributed by atoms with Crippen LogP contribution in [0.15, 0.2) is 0 Å². The highest BCUT2D eigenvalue weighted by atomic mass is 15.1. The van der Waals surface area contributed by atoms with Gasteiger partial charge >= 0.3 is 0 Å². The predicted molar refractivity (Wildman–Crippen MR) is 74.3 cm³/mol. The lowest BCUT2D eigenvalue weighted by molar-refractivity contribution is 0.194. The van der Waals surface area contributed by atoms with E-state index in [1.54, 1.807) is 0 Å². The summed E-state index contributed by atoms with van der Waals surface area (Å²) in [7, 11) is 2.35. The summed E-state index contributed by atoms with van der Waals surface area (Å²) in [5, 5.41) is 3.75. The minimum absolute atomic E-state index is 0.804. The first-order valence-electron chi connectivity index (χ1n) is 7.75. The van der Waals surface area contributed by atoms with Crippen molar-refractivity contribution < 1.29 is 0 Å². The molecule has 2 unspecified atom stereocenters. The molecule has 2 heteroatoms. The number of nitrogens with one attached hydrogen (secondary N) is 1. The van der Waals surface area contributed by atoms with Crippen LogP contribution in [0.25, 0.3) is 0 Å². The first-order valence-corrected chi connectivity index (χ1v) is 7.75. The van der Waals surface area contributed by atoms with Crippen molar-refractivity contribution >= 4 is 0 Å². The van der Waals surface area contributed by atoms with Crippen LogP contribution in [0.4, 0.5) is 0 Å². The van der Waals surface area contributed by atoms with E-state index in [2.05, 4.69) is 24.2 Å². The molecule has 1 N–H and O–H groups in total. The molecule has 2 atom stereocenters. The molecule has 0 saturated heterocycles. The minimum Gasteiger partial charge on any atom is -0.314 e. The highest BCUT2D eigenvalue weighted by molar-refractivity contribution is 4.86. The Morgan fingerprint density at radius 3 is 2.53 bits per heavy atom. The van der Waals surface area contributed by atoms with Crippen LogP contribution in [-0.4, -0.2) is 37.1 Å². The molecule has 0 radical (unpaired) electrons. The lowest BCUT2D eigenvalue weighted by atomic mass is 10.0. The molecule has 0 heterocycles. The van der Waals surface area contributed by atoms with Gasteiger partial charge in [0.05, 0.1) is 0 Å². The van der Waals surface area contributed by atoms with Crippen molar-refractivity contribution in [2.24, 2.45) is 5.92 Å². The quantitative estimate of drug-likeness (QED) is 0.765. The monoisotopic (exact) mass is 238 g/mol. The van der Waals surface area contributed by atoms with Gasteiger partial charge in [0.15, 0.2) is 0 Å². The molecule has 0 spiro atoms. The molecule has 2 saturated carbocycles. The van der Waals surface area contributed by atoms with Gasteiger partial charge in [-0.1, -0.05) is 26.2 Å². The zero-order chi connectivity index (χ0) is 12.1. The van der Waals surface area contributed by atoms with Gasteiger partial charge in [0.25, 0.3) is 0 Å². The average Bonchev–Trinajstić information content (AvgIpc) is 2.97. The maximum atomic E-state index is 3.75. The third-order valence-corrected chi connectivity index (χ3v) is 4.79. The van der Waals surface area contributed by atoms with Gasteiger partial charge in [0.1, 0.15) is 0 Å². The Morgan fingerprint density at radius 1 is 1.06 bits per heavy atom. The average molecular weight is 238 g/mol. The number of rotatable bonds is 6. The largest absolute Gasteiger partial charge is 0.314 e. The van der Waals surface area contributed by atoms with Crippen molar-refractivity contribution in [2.45, 2.75) is 70.4 Å². The first kappa shape index (κ1) is 13.4. The lowest BCUT2D eigenvalue weighted by Gasteiger charge is -2.30. The molecule has 17 heavy (non-hydrogen) atoms. The maximum Gasteiger partial charge on any atom is 0.0107 e. The molecule has 0 aromatic rings. The first-order chi connectivity index (χ1) is 8.31. The standard InChI is InChI=1S/C15H30N2/c1-3-11-16-15-10-6-7-13(15)12-17(2)14-8-4-5-9-14/h13-16H,3-12H2,1-2H3. The lowest BCUT2D eigenvalue weighted by Crippen LogP contribution is -2.41. The van der Waals surface area contributed by atoms with Crippen molar-refractivity contribution in [3.05, 3.63) is 0 Å². The van der Waals surface area contributed by atoms with Crippen molar-refractivity contribution in [1.82, 2.24) is 10.2 Å². The van der Waals surface area contributed by atoms with Crippen molar-refractivity contribution in [2.75, 3.05) is 20.1 Å². The zero-order valence-electron chi connectivity index (χ0n) is 11.8. The Bertz CT molecular complexity index is 211. The fraction of sp³-hybridized carbons (Fsp3) is 1.00.